The molecule has 4 rings (SSSR count). The SMILES string of the molecule is O=C(c1ccc(F)c(F)c1)N1CCCC(c2nnc(Cc3ccc(F)cc3)o2)C1. The van der Waals surface area contributed by atoms with E-state index >= 15 is 0 Å². The topological polar surface area (TPSA) is 59.2 Å². The Morgan fingerprint density at radius 2 is 1.86 bits per heavy atom. The zero-order valence-corrected chi connectivity index (χ0v) is 15.4. The third-order valence-electron chi connectivity index (χ3n) is 4.98. The molecule has 2 aromatic carbocycles. The van der Waals surface area contributed by atoms with Gasteiger partial charge in [0.2, 0.25) is 11.8 Å². The van der Waals surface area contributed by atoms with Crippen LogP contribution in [0, 0.1) is 17.5 Å². The Hall–Kier alpha value is -3.16. The van der Waals surface area contributed by atoms with E-state index < -0.39 is 11.6 Å². The number of amides is 1. The van der Waals surface area contributed by atoms with Gasteiger partial charge in [0.05, 0.1) is 12.3 Å². The second kappa shape index (κ2) is 8.06. The first-order valence-corrected chi connectivity index (χ1v) is 9.30. The molecule has 5 nitrogen and oxygen atoms in total. The molecular formula is C21H18F3N3O2. The van der Waals surface area contributed by atoms with E-state index in [9.17, 15) is 18.0 Å². The first-order valence-electron chi connectivity index (χ1n) is 9.30. The summed E-state index contributed by atoms with van der Waals surface area (Å²) in [4.78, 5) is 14.2. The van der Waals surface area contributed by atoms with Crippen LogP contribution in [-0.4, -0.2) is 34.1 Å². The second-order valence-electron chi connectivity index (χ2n) is 7.06. The maximum absolute atomic E-state index is 13.5. The molecule has 1 saturated heterocycles. The van der Waals surface area contributed by atoms with E-state index in [0.717, 1.165) is 30.5 Å². The summed E-state index contributed by atoms with van der Waals surface area (Å²) in [6.45, 7) is 0.876. The number of halogens is 3. The van der Waals surface area contributed by atoms with Gasteiger partial charge in [-0.2, -0.15) is 0 Å². The van der Waals surface area contributed by atoms with Crippen LogP contribution >= 0.6 is 0 Å². The summed E-state index contributed by atoms with van der Waals surface area (Å²) in [7, 11) is 0. The van der Waals surface area contributed by atoms with Gasteiger partial charge in [0, 0.05) is 18.7 Å². The van der Waals surface area contributed by atoms with E-state index in [1.807, 2.05) is 0 Å². The maximum Gasteiger partial charge on any atom is 0.253 e. The van der Waals surface area contributed by atoms with Gasteiger partial charge in [0.15, 0.2) is 11.6 Å². The van der Waals surface area contributed by atoms with Crippen molar-refractivity contribution in [3.8, 4) is 0 Å². The zero-order valence-electron chi connectivity index (χ0n) is 15.4. The number of benzene rings is 2. The predicted molar refractivity (Wildman–Crippen MR) is 97.7 cm³/mol. The molecule has 1 atom stereocenters. The number of likely N-dealkylation sites (tertiary alicyclic amines) is 1. The van der Waals surface area contributed by atoms with Gasteiger partial charge in [0.25, 0.3) is 5.91 Å². The molecule has 3 aromatic rings. The van der Waals surface area contributed by atoms with Gasteiger partial charge in [-0.1, -0.05) is 12.1 Å². The van der Waals surface area contributed by atoms with Gasteiger partial charge in [-0.15, -0.1) is 10.2 Å². The Balaban J connectivity index is 1.44. The molecule has 0 saturated carbocycles. The molecule has 1 aromatic heterocycles. The number of carbonyl (C=O) groups excluding carboxylic acids is 1. The van der Waals surface area contributed by atoms with E-state index in [0.29, 0.717) is 31.3 Å². The molecular weight excluding hydrogens is 383 g/mol. The average Bonchev–Trinajstić information content (AvgIpc) is 3.20. The van der Waals surface area contributed by atoms with Crippen LogP contribution < -0.4 is 0 Å². The van der Waals surface area contributed by atoms with E-state index in [2.05, 4.69) is 10.2 Å². The highest BCUT2D eigenvalue weighted by atomic mass is 19.2. The van der Waals surface area contributed by atoms with Crippen LogP contribution in [0.25, 0.3) is 0 Å². The number of hydrogen-bond acceptors (Lipinski definition) is 4. The number of nitrogens with zero attached hydrogens (tertiary/aromatic N) is 3. The quantitative estimate of drug-likeness (QED) is 0.661. The number of piperidine rings is 1. The lowest BCUT2D eigenvalue weighted by Gasteiger charge is -2.31. The van der Waals surface area contributed by atoms with Crippen molar-refractivity contribution in [3.63, 3.8) is 0 Å². The summed E-state index contributed by atoms with van der Waals surface area (Å²) in [6, 6.07) is 9.19. The lowest BCUT2D eigenvalue weighted by Crippen LogP contribution is -2.39. The van der Waals surface area contributed by atoms with Crippen molar-refractivity contribution in [2.45, 2.75) is 25.2 Å². The second-order valence-corrected chi connectivity index (χ2v) is 7.06. The zero-order chi connectivity index (χ0) is 20.4. The van der Waals surface area contributed by atoms with Crippen LogP contribution in [-0.2, 0) is 6.42 Å². The third-order valence-corrected chi connectivity index (χ3v) is 4.98. The van der Waals surface area contributed by atoms with E-state index in [1.54, 1.807) is 17.0 Å². The average molecular weight is 401 g/mol. The van der Waals surface area contributed by atoms with Crippen molar-refractivity contribution in [1.29, 1.82) is 0 Å². The Labute approximate surface area is 165 Å². The Bertz CT molecular complexity index is 1020. The fourth-order valence-corrected chi connectivity index (χ4v) is 3.45. The van der Waals surface area contributed by atoms with Crippen molar-refractivity contribution in [1.82, 2.24) is 15.1 Å². The molecule has 8 heteroatoms. The summed E-state index contributed by atoms with van der Waals surface area (Å²) in [5.41, 5.74) is 0.951. The standard InChI is InChI=1S/C21H18F3N3O2/c22-16-6-3-13(4-7-16)10-19-25-26-20(29-19)15-2-1-9-27(12-15)21(28)14-5-8-17(23)18(24)11-14/h3-8,11,15H,1-2,9-10,12H2. The predicted octanol–water partition coefficient (Wildman–Crippen LogP) is 4.10. The number of rotatable bonds is 4. The first kappa shape index (κ1) is 19.2. The molecule has 1 fully saturated rings. The summed E-state index contributed by atoms with van der Waals surface area (Å²) in [5, 5.41) is 8.16. The van der Waals surface area contributed by atoms with Crippen LogP contribution in [0.15, 0.2) is 46.9 Å². The molecule has 1 aliphatic rings. The number of hydrogen-bond donors (Lipinski definition) is 0. The number of carbonyl (C=O) groups is 1. The van der Waals surface area contributed by atoms with Crippen molar-refractivity contribution < 1.29 is 22.4 Å². The summed E-state index contributed by atoms with van der Waals surface area (Å²) in [6.07, 6.45) is 1.90. The van der Waals surface area contributed by atoms with Gasteiger partial charge in [0.1, 0.15) is 5.82 Å². The Kier molecular flexibility index (Phi) is 5.33. The first-order chi connectivity index (χ1) is 14.0. The van der Waals surface area contributed by atoms with Gasteiger partial charge < -0.3 is 9.32 Å². The van der Waals surface area contributed by atoms with Gasteiger partial charge in [-0.25, -0.2) is 13.2 Å². The monoisotopic (exact) mass is 401 g/mol. The van der Waals surface area contributed by atoms with E-state index in [-0.39, 0.29) is 23.2 Å². The van der Waals surface area contributed by atoms with Gasteiger partial charge in [-0.3, -0.25) is 4.79 Å². The van der Waals surface area contributed by atoms with Gasteiger partial charge >= 0.3 is 0 Å². The highest BCUT2D eigenvalue weighted by molar-refractivity contribution is 5.94. The van der Waals surface area contributed by atoms with E-state index in [4.69, 9.17) is 4.42 Å². The Morgan fingerprint density at radius 3 is 2.62 bits per heavy atom. The molecule has 0 bridgehead atoms. The molecule has 150 valence electrons. The normalized spacial score (nSPS) is 16.8. The molecule has 1 unspecified atom stereocenters. The van der Waals surface area contributed by atoms with Crippen LogP contribution in [0.3, 0.4) is 0 Å². The van der Waals surface area contributed by atoms with Crippen LogP contribution in [0.1, 0.15) is 46.5 Å². The summed E-state index contributed by atoms with van der Waals surface area (Å²) < 4.78 is 45.4. The minimum Gasteiger partial charge on any atom is -0.425 e. The van der Waals surface area contributed by atoms with Crippen molar-refractivity contribution in [2.24, 2.45) is 0 Å². The summed E-state index contributed by atoms with van der Waals surface area (Å²) in [5.74, 6) is -2.00. The lowest BCUT2D eigenvalue weighted by atomic mass is 9.97. The fourth-order valence-electron chi connectivity index (χ4n) is 3.45. The van der Waals surface area contributed by atoms with E-state index in [1.165, 1.54) is 18.2 Å². The molecule has 1 amide bonds. The molecule has 2 heterocycles. The Morgan fingerprint density at radius 1 is 1.07 bits per heavy atom. The molecule has 1 aliphatic heterocycles. The van der Waals surface area contributed by atoms with Gasteiger partial charge in [-0.05, 0) is 48.7 Å². The molecule has 0 N–H and O–H groups in total. The van der Waals surface area contributed by atoms with Crippen LogP contribution in [0.2, 0.25) is 0 Å². The minimum atomic E-state index is -1.05. The van der Waals surface area contributed by atoms with Crippen molar-refractivity contribution >= 4 is 5.91 Å². The lowest BCUT2D eigenvalue weighted by molar-refractivity contribution is 0.0697. The van der Waals surface area contributed by atoms with Crippen LogP contribution in [0.5, 0.6) is 0 Å². The fraction of sp³-hybridized carbons (Fsp3) is 0.286. The van der Waals surface area contributed by atoms with Crippen molar-refractivity contribution in [2.75, 3.05) is 13.1 Å². The summed E-state index contributed by atoms with van der Waals surface area (Å²) >= 11 is 0. The highest BCUT2D eigenvalue weighted by Crippen LogP contribution is 2.27. The molecule has 0 spiro atoms. The largest absolute Gasteiger partial charge is 0.425 e. The molecule has 29 heavy (non-hydrogen) atoms. The number of aromatic nitrogens is 2. The minimum absolute atomic E-state index is 0.104. The van der Waals surface area contributed by atoms with Crippen LogP contribution in [0.4, 0.5) is 13.2 Å². The molecule has 0 aliphatic carbocycles. The highest BCUT2D eigenvalue weighted by Gasteiger charge is 2.29. The van der Waals surface area contributed by atoms with Crippen molar-refractivity contribution in [3.05, 3.63) is 82.8 Å². The maximum atomic E-state index is 13.5. The smallest absolute Gasteiger partial charge is 0.253 e. The third kappa shape index (κ3) is 4.31. The molecule has 0 radical (unpaired) electrons.